The molecule has 0 aromatic rings. The number of hydrogen-bond acceptors (Lipinski definition) is 1. The monoisotopic (exact) mass is 223 g/mol. The molecule has 2 atom stereocenters. The zero-order valence-corrected chi connectivity index (χ0v) is 11.8. The molecule has 1 nitrogen and oxygen atoms in total. The van der Waals surface area contributed by atoms with Crippen LogP contribution in [-0.4, -0.2) is 12.6 Å². The first-order valence-electron chi connectivity index (χ1n) is 6.56. The van der Waals surface area contributed by atoms with E-state index in [1.165, 1.54) is 12.8 Å². The molecule has 0 saturated carbocycles. The summed E-state index contributed by atoms with van der Waals surface area (Å²) in [5.41, 5.74) is 0.433. The lowest BCUT2D eigenvalue weighted by atomic mass is 9.82. The first-order chi connectivity index (χ1) is 7.39. The van der Waals surface area contributed by atoms with Gasteiger partial charge in [-0.25, -0.2) is 0 Å². The van der Waals surface area contributed by atoms with E-state index in [4.69, 9.17) is 6.42 Å². The lowest BCUT2D eigenvalue weighted by molar-refractivity contribution is 0.272. The van der Waals surface area contributed by atoms with Crippen molar-refractivity contribution in [2.45, 2.75) is 66.3 Å². The molecule has 0 fully saturated rings. The molecule has 16 heavy (non-hydrogen) atoms. The average Bonchev–Trinajstić information content (AvgIpc) is 2.11. The summed E-state index contributed by atoms with van der Waals surface area (Å²) in [6.07, 6.45) is 9.85. The molecule has 0 bridgehead atoms. The molecule has 0 aliphatic rings. The second-order valence-corrected chi connectivity index (χ2v) is 6.10. The maximum Gasteiger partial charge on any atom is 0.0101 e. The molecule has 1 N–H and O–H groups in total. The van der Waals surface area contributed by atoms with Gasteiger partial charge >= 0.3 is 0 Å². The van der Waals surface area contributed by atoms with Gasteiger partial charge in [0.2, 0.25) is 0 Å². The lowest BCUT2D eigenvalue weighted by Gasteiger charge is -2.27. The Bertz CT molecular complexity index is 206. The van der Waals surface area contributed by atoms with Crippen LogP contribution in [-0.2, 0) is 0 Å². The smallest absolute Gasteiger partial charge is 0.0101 e. The number of rotatable bonds is 7. The lowest BCUT2D eigenvalue weighted by Crippen LogP contribution is -2.31. The fourth-order valence-corrected chi connectivity index (χ4v) is 2.46. The van der Waals surface area contributed by atoms with Gasteiger partial charge in [0.25, 0.3) is 0 Å². The van der Waals surface area contributed by atoms with E-state index in [0.29, 0.717) is 11.5 Å². The van der Waals surface area contributed by atoms with Crippen molar-refractivity contribution in [3.63, 3.8) is 0 Å². The van der Waals surface area contributed by atoms with Crippen LogP contribution in [0.5, 0.6) is 0 Å². The minimum atomic E-state index is 0.433. The van der Waals surface area contributed by atoms with Gasteiger partial charge in [-0.15, -0.1) is 12.3 Å². The molecule has 0 amide bonds. The zero-order valence-electron chi connectivity index (χ0n) is 11.8. The zero-order chi connectivity index (χ0) is 12.6. The molecule has 0 heterocycles. The fourth-order valence-electron chi connectivity index (χ4n) is 2.46. The molecule has 0 saturated heterocycles. The molecule has 0 radical (unpaired) electrons. The highest BCUT2D eigenvalue weighted by atomic mass is 14.9. The van der Waals surface area contributed by atoms with Crippen LogP contribution in [0.15, 0.2) is 0 Å². The molecule has 1 heteroatoms. The van der Waals surface area contributed by atoms with Crippen LogP contribution < -0.4 is 5.32 Å². The van der Waals surface area contributed by atoms with Gasteiger partial charge in [-0.3, -0.25) is 0 Å². The first-order valence-corrected chi connectivity index (χ1v) is 6.56. The molecule has 0 aliphatic carbocycles. The van der Waals surface area contributed by atoms with Gasteiger partial charge in [-0.05, 0) is 37.1 Å². The summed E-state index contributed by atoms with van der Waals surface area (Å²) in [6, 6.07) is 0.596. The number of hydrogen-bond donors (Lipinski definition) is 1. The second kappa shape index (κ2) is 7.74. The molecule has 0 aromatic carbocycles. The van der Waals surface area contributed by atoms with E-state index in [1.54, 1.807) is 0 Å². The van der Waals surface area contributed by atoms with Crippen LogP contribution in [0, 0.1) is 23.7 Å². The van der Waals surface area contributed by atoms with E-state index in [-0.39, 0.29) is 0 Å². The highest BCUT2D eigenvalue weighted by molar-refractivity contribution is 4.86. The summed E-state index contributed by atoms with van der Waals surface area (Å²) in [5.74, 6) is 3.50. The molecular weight excluding hydrogens is 194 g/mol. The summed E-state index contributed by atoms with van der Waals surface area (Å²) in [6.45, 7) is 12.5. The van der Waals surface area contributed by atoms with Crippen LogP contribution in [0.1, 0.15) is 60.3 Å². The van der Waals surface area contributed by atoms with E-state index in [2.05, 4.69) is 45.9 Å². The average molecular weight is 223 g/mol. The molecule has 94 valence electrons. The van der Waals surface area contributed by atoms with Crippen LogP contribution in [0.4, 0.5) is 0 Å². The van der Waals surface area contributed by atoms with Crippen molar-refractivity contribution in [3.05, 3.63) is 0 Å². The van der Waals surface area contributed by atoms with Gasteiger partial charge < -0.3 is 5.32 Å². The standard InChI is InChI=1S/C15H29N/c1-7-9-10-14(16-8-2)11-13(3)12-15(4,5)6/h1,13-14,16H,8-12H2,2-6H3. The molecule has 0 rings (SSSR count). The van der Waals surface area contributed by atoms with Gasteiger partial charge in [0.1, 0.15) is 0 Å². The molecule has 0 aliphatic heterocycles. The van der Waals surface area contributed by atoms with Gasteiger partial charge in [-0.1, -0.05) is 34.6 Å². The van der Waals surface area contributed by atoms with E-state index in [1.807, 2.05) is 0 Å². The Labute approximate surface area is 102 Å². The highest BCUT2D eigenvalue weighted by Crippen LogP contribution is 2.27. The van der Waals surface area contributed by atoms with Crippen molar-refractivity contribution in [2.75, 3.05) is 6.54 Å². The van der Waals surface area contributed by atoms with Crippen LogP contribution in [0.25, 0.3) is 0 Å². The summed E-state index contributed by atoms with van der Waals surface area (Å²) < 4.78 is 0. The van der Waals surface area contributed by atoms with Crippen LogP contribution in [0.2, 0.25) is 0 Å². The normalized spacial score (nSPS) is 15.5. The van der Waals surface area contributed by atoms with Crippen molar-refractivity contribution < 1.29 is 0 Å². The number of terminal acetylenes is 1. The van der Waals surface area contributed by atoms with Gasteiger partial charge in [-0.2, -0.15) is 0 Å². The summed E-state index contributed by atoms with van der Waals surface area (Å²) >= 11 is 0. The molecule has 0 spiro atoms. The summed E-state index contributed by atoms with van der Waals surface area (Å²) in [4.78, 5) is 0. The minimum Gasteiger partial charge on any atom is -0.314 e. The Morgan fingerprint density at radius 2 is 1.94 bits per heavy atom. The third kappa shape index (κ3) is 8.80. The topological polar surface area (TPSA) is 12.0 Å². The third-order valence-corrected chi connectivity index (χ3v) is 2.78. The van der Waals surface area contributed by atoms with E-state index in [9.17, 15) is 0 Å². The Balaban J connectivity index is 4.02. The quantitative estimate of drug-likeness (QED) is 0.647. The summed E-state index contributed by atoms with van der Waals surface area (Å²) in [5, 5.41) is 3.54. The first kappa shape index (κ1) is 15.5. The van der Waals surface area contributed by atoms with E-state index >= 15 is 0 Å². The molecular formula is C15H29N. The largest absolute Gasteiger partial charge is 0.314 e. The predicted molar refractivity (Wildman–Crippen MR) is 73.4 cm³/mol. The van der Waals surface area contributed by atoms with Crippen molar-refractivity contribution >= 4 is 0 Å². The van der Waals surface area contributed by atoms with Crippen molar-refractivity contribution in [1.82, 2.24) is 5.32 Å². The van der Waals surface area contributed by atoms with E-state index < -0.39 is 0 Å². The van der Waals surface area contributed by atoms with Gasteiger partial charge in [0, 0.05) is 12.5 Å². The Kier molecular flexibility index (Phi) is 7.51. The van der Waals surface area contributed by atoms with Gasteiger partial charge in [0.15, 0.2) is 0 Å². The second-order valence-electron chi connectivity index (χ2n) is 6.10. The maximum atomic E-state index is 5.33. The number of nitrogens with one attached hydrogen (secondary N) is 1. The summed E-state index contributed by atoms with van der Waals surface area (Å²) in [7, 11) is 0. The Hall–Kier alpha value is -0.480. The minimum absolute atomic E-state index is 0.433. The van der Waals surface area contributed by atoms with E-state index in [0.717, 1.165) is 25.3 Å². The maximum absolute atomic E-state index is 5.33. The molecule has 2 unspecified atom stereocenters. The highest BCUT2D eigenvalue weighted by Gasteiger charge is 2.18. The van der Waals surface area contributed by atoms with Crippen LogP contribution in [0.3, 0.4) is 0 Å². The van der Waals surface area contributed by atoms with Gasteiger partial charge in [0.05, 0.1) is 0 Å². The Morgan fingerprint density at radius 3 is 2.38 bits per heavy atom. The van der Waals surface area contributed by atoms with Crippen LogP contribution >= 0.6 is 0 Å². The fraction of sp³-hybridized carbons (Fsp3) is 0.867. The molecule has 0 aromatic heterocycles. The van der Waals surface area contributed by atoms with Crippen molar-refractivity contribution in [3.8, 4) is 12.3 Å². The predicted octanol–water partition coefficient (Wildman–Crippen LogP) is 3.84. The third-order valence-electron chi connectivity index (χ3n) is 2.78. The SMILES string of the molecule is C#CCCC(CC(C)CC(C)(C)C)NCC. The Morgan fingerprint density at radius 1 is 1.31 bits per heavy atom. The van der Waals surface area contributed by atoms with Crippen molar-refractivity contribution in [2.24, 2.45) is 11.3 Å². The van der Waals surface area contributed by atoms with Crippen molar-refractivity contribution in [1.29, 1.82) is 0 Å².